The molecule has 7 heteroatoms. The lowest BCUT2D eigenvalue weighted by atomic mass is 10.0. The molecule has 0 N–H and O–H groups in total. The summed E-state index contributed by atoms with van der Waals surface area (Å²) in [5.41, 5.74) is 1.55. The number of methoxy groups -OCH3 is 1. The molecular formula is C31H44N2O5. The second-order valence-electron chi connectivity index (χ2n) is 10.4. The molecule has 0 radical (unpaired) electrons. The van der Waals surface area contributed by atoms with Gasteiger partial charge in [0, 0.05) is 26.7 Å². The summed E-state index contributed by atoms with van der Waals surface area (Å²) in [7, 11) is 1.65. The number of carbonyl (C=O) groups excluding carboxylic acids is 2. The minimum absolute atomic E-state index is 0.0109. The Hall–Kier alpha value is -3.06. The van der Waals surface area contributed by atoms with Gasteiger partial charge in [-0.1, -0.05) is 57.0 Å². The first-order valence-corrected chi connectivity index (χ1v) is 13.9. The highest BCUT2D eigenvalue weighted by molar-refractivity contribution is 5.97. The van der Waals surface area contributed by atoms with Crippen molar-refractivity contribution in [1.82, 2.24) is 9.80 Å². The lowest BCUT2D eigenvalue weighted by molar-refractivity contribution is -0.137. The molecule has 2 aromatic rings. The van der Waals surface area contributed by atoms with Gasteiger partial charge in [0.25, 0.3) is 11.8 Å². The Morgan fingerprint density at radius 1 is 1.03 bits per heavy atom. The van der Waals surface area contributed by atoms with Gasteiger partial charge >= 0.3 is 0 Å². The van der Waals surface area contributed by atoms with E-state index in [1.165, 1.54) is 0 Å². The highest BCUT2D eigenvalue weighted by Crippen LogP contribution is 2.24. The minimum Gasteiger partial charge on any atom is -0.491 e. The number of rotatable bonds is 8. The average molecular weight is 525 g/mol. The molecule has 0 saturated heterocycles. The molecule has 3 rings (SSSR count). The van der Waals surface area contributed by atoms with E-state index in [0.29, 0.717) is 50.1 Å². The van der Waals surface area contributed by atoms with E-state index in [4.69, 9.17) is 14.2 Å². The van der Waals surface area contributed by atoms with Gasteiger partial charge in [0.1, 0.15) is 18.1 Å². The molecule has 0 spiro atoms. The summed E-state index contributed by atoms with van der Waals surface area (Å²) in [5.74, 6) is 1.57. The van der Waals surface area contributed by atoms with E-state index >= 15 is 0 Å². The van der Waals surface area contributed by atoms with Crippen molar-refractivity contribution in [3.63, 3.8) is 0 Å². The number of hydrogen-bond donors (Lipinski definition) is 0. The molecule has 1 atom stereocenters. The van der Waals surface area contributed by atoms with Gasteiger partial charge in [-0.15, -0.1) is 0 Å². The third-order valence-electron chi connectivity index (χ3n) is 6.93. The van der Waals surface area contributed by atoms with Crippen LogP contribution in [0.2, 0.25) is 0 Å². The number of hydrogen-bond acceptors (Lipinski definition) is 5. The van der Waals surface area contributed by atoms with Crippen LogP contribution in [-0.4, -0.2) is 74.2 Å². The monoisotopic (exact) mass is 524 g/mol. The van der Waals surface area contributed by atoms with Crippen LogP contribution in [0.15, 0.2) is 48.5 Å². The predicted octanol–water partition coefficient (Wildman–Crippen LogP) is 5.36. The molecule has 1 aliphatic rings. The molecule has 2 aromatic carbocycles. The summed E-state index contributed by atoms with van der Waals surface area (Å²) in [4.78, 5) is 30.8. The van der Waals surface area contributed by atoms with Crippen LogP contribution in [0.4, 0.5) is 0 Å². The van der Waals surface area contributed by atoms with E-state index in [-0.39, 0.29) is 24.5 Å². The molecule has 208 valence electrons. The van der Waals surface area contributed by atoms with Crippen molar-refractivity contribution in [2.75, 3.05) is 46.6 Å². The van der Waals surface area contributed by atoms with Crippen LogP contribution < -0.4 is 9.47 Å². The number of aryl methyl sites for hydroxylation is 1. The summed E-state index contributed by atoms with van der Waals surface area (Å²) in [6.45, 7) is 8.96. The fourth-order valence-electron chi connectivity index (χ4n) is 4.86. The maximum atomic E-state index is 13.5. The fraction of sp³-hybridized carbons (Fsp3) is 0.548. The van der Waals surface area contributed by atoms with Crippen LogP contribution in [-0.2, 0) is 9.53 Å². The summed E-state index contributed by atoms with van der Waals surface area (Å²) in [6.07, 6.45) is 4.57. The Morgan fingerprint density at radius 2 is 1.74 bits per heavy atom. The molecule has 1 heterocycles. The molecule has 0 aromatic heterocycles. The molecule has 0 fully saturated rings. The van der Waals surface area contributed by atoms with Crippen molar-refractivity contribution in [2.24, 2.45) is 5.92 Å². The zero-order chi connectivity index (χ0) is 27.3. The third-order valence-corrected chi connectivity index (χ3v) is 6.93. The Kier molecular flexibility index (Phi) is 11.9. The number of amides is 2. The molecule has 2 amide bonds. The number of ether oxygens (including phenoxy) is 3. The van der Waals surface area contributed by atoms with Gasteiger partial charge in [-0.05, 0) is 55.9 Å². The summed E-state index contributed by atoms with van der Waals surface area (Å²) < 4.78 is 17.5. The van der Waals surface area contributed by atoms with Gasteiger partial charge < -0.3 is 24.0 Å². The molecule has 7 nitrogen and oxygen atoms in total. The van der Waals surface area contributed by atoms with Gasteiger partial charge in [0.05, 0.1) is 18.2 Å². The predicted molar refractivity (Wildman–Crippen MR) is 150 cm³/mol. The smallest absolute Gasteiger partial charge is 0.260 e. The fourth-order valence-corrected chi connectivity index (χ4v) is 4.86. The molecule has 0 saturated carbocycles. The number of nitrogens with zero attached hydrogens (tertiary/aromatic N) is 2. The van der Waals surface area contributed by atoms with Crippen molar-refractivity contribution in [1.29, 1.82) is 0 Å². The Balaban J connectivity index is 1.83. The standard InChI is InChI=1S/C31H44N2O5/c1-24(2)21-26-22-37-29-16-10-8-14-27(29)31(35)32(19-20-36-4)17-11-5-6-12-18-33(26)30(34)23-38-28-15-9-7-13-25(28)3/h7-10,13-16,24,26H,5-6,11-12,17-23H2,1-4H3/t26-/m0/s1. The van der Waals surface area contributed by atoms with Gasteiger partial charge in [0.15, 0.2) is 6.61 Å². The van der Waals surface area contributed by atoms with Crippen molar-refractivity contribution >= 4 is 11.8 Å². The van der Waals surface area contributed by atoms with E-state index in [9.17, 15) is 9.59 Å². The summed E-state index contributed by atoms with van der Waals surface area (Å²) in [6, 6.07) is 15.0. The molecular weight excluding hydrogens is 480 g/mol. The van der Waals surface area contributed by atoms with Crippen molar-refractivity contribution in [3.05, 3.63) is 59.7 Å². The second kappa shape index (κ2) is 15.4. The van der Waals surface area contributed by atoms with E-state index in [0.717, 1.165) is 43.4 Å². The van der Waals surface area contributed by atoms with Crippen LogP contribution >= 0.6 is 0 Å². The topological polar surface area (TPSA) is 68.3 Å². The van der Waals surface area contributed by atoms with Gasteiger partial charge in [-0.2, -0.15) is 0 Å². The molecule has 38 heavy (non-hydrogen) atoms. The zero-order valence-corrected chi connectivity index (χ0v) is 23.5. The van der Waals surface area contributed by atoms with Gasteiger partial charge in [0.2, 0.25) is 0 Å². The van der Waals surface area contributed by atoms with Gasteiger partial charge in [-0.25, -0.2) is 0 Å². The number of benzene rings is 2. The van der Waals surface area contributed by atoms with Crippen molar-refractivity contribution < 1.29 is 23.8 Å². The lowest BCUT2D eigenvalue weighted by Crippen LogP contribution is -2.47. The maximum absolute atomic E-state index is 13.5. The number of carbonyl (C=O) groups is 2. The molecule has 0 aliphatic carbocycles. The Labute approximate surface area is 228 Å². The van der Waals surface area contributed by atoms with Crippen LogP contribution in [0.1, 0.15) is 61.9 Å². The lowest BCUT2D eigenvalue weighted by Gasteiger charge is -2.33. The number of para-hydroxylation sites is 2. The van der Waals surface area contributed by atoms with Crippen LogP contribution in [0, 0.1) is 12.8 Å². The zero-order valence-electron chi connectivity index (χ0n) is 23.5. The van der Waals surface area contributed by atoms with Crippen molar-refractivity contribution in [3.8, 4) is 11.5 Å². The highest BCUT2D eigenvalue weighted by Gasteiger charge is 2.27. The first-order chi connectivity index (χ1) is 18.4. The minimum atomic E-state index is -0.126. The van der Waals surface area contributed by atoms with E-state index in [2.05, 4.69) is 13.8 Å². The number of fused-ring (bicyclic) bond motifs is 1. The van der Waals surface area contributed by atoms with Crippen molar-refractivity contribution in [2.45, 2.75) is 58.9 Å². The highest BCUT2D eigenvalue weighted by atomic mass is 16.5. The average Bonchev–Trinajstić information content (AvgIpc) is 2.91. The summed E-state index contributed by atoms with van der Waals surface area (Å²) in [5, 5.41) is 0. The Morgan fingerprint density at radius 3 is 2.47 bits per heavy atom. The van der Waals surface area contributed by atoms with E-state index < -0.39 is 0 Å². The largest absolute Gasteiger partial charge is 0.491 e. The SMILES string of the molecule is COCCN1CCCCCCN(C(=O)COc2ccccc2C)[C@@H](CC(C)C)COc2ccccc2C1=O. The first-order valence-electron chi connectivity index (χ1n) is 13.9. The molecule has 1 aliphatic heterocycles. The van der Waals surface area contributed by atoms with Crippen LogP contribution in [0.25, 0.3) is 0 Å². The maximum Gasteiger partial charge on any atom is 0.260 e. The molecule has 0 bridgehead atoms. The third kappa shape index (κ3) is 8.76. The normalized spacial score (nSPS) is 17.5. The summed E-state index contributed by atoms with van der Waals surface area (Å²) >= 11 is 0. The Bertz CT molecular complexity index is 1020. The van der Waals surface area contributed by atoms with E-state index in [1.54, 1.807) is 7.11 Å². The molecule has 0 unspecified atom stereocenters. The second-order valence-corrected chi connectivity index (χ2v) is 10.4. The van der Waals surface area contributed by atoms with Crippen LogP contribution in [0.5, 0.6) is 11.5 Å². The van der Waals surface area contributed by atoms with Gasteiger partial charge in [-0.3, -0.25) is 9.59 Å². The quantitative estimate of drug-likeness (QED) is 0.465. The van der Waals surface area contributed by atoms with E-state index in [1.807, 2.05) is 65.3 Å². The first kappa shape index (κ1) is 29.5. The van der Waals surface area contributed by atoms with Crippen LogP contribution in [0.3, 0.4) is 0 Å².